The predicted octanol–water partition coefficient (Wildman–Crippen LogP) is 1.41. The van der Waals surface area contributed by atoms with Crippen LogP contribution in [0.25, 0.3) is 0 Å². The standard InChI is InChI=1S/C16H18FNO3S/c1-2-10-18(15-9-11-22(20,21)12-15)16(19)8-5-13-3-6-14(17)7-4-13/h1,3-4,6-7,15H,5,8-12H2/t15-/m1/s1. The number of halogens is 1. The van der Waals surface area contributed by atoms with E-state index in [1.165, 1.54) is 17.0 Å². The fraction of sp³-hybridized carbons (Fsp3) is 0.438. The summed E-state index contributed by atoms with van der Waals surface area (Å²) in [7, 11) is -3.07. The fourth-order valence-electron chi connectivity index (χ4n) is 2.59. The Labute approximate surface area is 130 Å². The van der Waals surface area contributed by atoms with Gasteiger partial charge in [-0.2, -0.15) is 0 Å². The van der Waals surface area contributed by atoms with Gasteiger partial charge in [-0.25, -0.2) is 12.8 Å². The Balaban J connectivity index is 1.98. The first-order chi connectivity index (χ1) is 10.4. The third-order valence-electron chi connectivity index (χ3n) is 3.77. The van der Waals surface area contributed by atoms with Crippen LogP contribution in [0.1, 0.15) is 18.4 Å². The zero-order chi connectivity index (χ0) is 16.2. The number of hydrogen-bond donors (Lipinski definition) is 0. The first-order valence-electron chi connectivity index (χ1n) is 7.09. The van der Waals surface area contributed by atoms with E-state index in [0.717, 1.165) is 5.56 Å². The summed E-state index contributed by atoms with van der Waals surface area (Å²) in [6, 6.07) is 5.63. The Bertz CT molecular complexity index is 676. The van der Waals surface area contributed by atoms with Gasteiger partial charge in [-0.05, 0) is 30.5 Å². The van der Waals surface area contributed by atoms with Crippen LogP contribution in [-0.2, 0) is 21.1 Å². The second-order valence-electron chi connectivity index (χ2n) is 5.41. The van der Waals surface area contributed by atoms with E-state index in [2.05, 4.69) is 5.92 Å². The van der Waals surface area contributed by atoms with Crippen molar-refractivity contribution in [1.29, 1.82) is 0 Å². The van der Waals surface area contributed by atoms with Gasteiger partial charge >= 0.3 is 0 Å². The molecule has 1 atom stereocenters. The minimum absolute atomic E-state index is 0.0169. The van der Waals surface area contributed by atoms with Crippen LogP contribution in [0.5, 0.6) is 0 Å². The van der Waals surface area contributed by atoms with Crippen LogP contribution in [0.15, 0.2) is 24.3 Å². The molecule has 118 valence electrons. The molecule has 1 aromatic rings. The molecule has 1 fully saturated rings. The molecule has 1 saturated heterocycles. The van der Waals surface area contributed by atoms with Crippen LogP contribution in [0.3, 0.4) is 0 Å². The summed E-state index contributed by atoms with van der Waals surface area (Å²) in [6.07, 6.45) is 6.43. The number of hydrogen-bond acceptors (Lipinski definition) is 3. The summed E-state index contributed by atoms with van der Waals surface area (Å²) in [5.74, 6) is 2.02. The minimum atomic E-state index is -3.07. The summed E-state index contributed by atoms with van der Waals surface area (Å²) >= 11 is 0. The zero-order valence-corrected chi connectivity index (χ0v) is 13.0. The highest BCUT2D eigenvalue weighted by Gasteiger charge is 2.33. The summed E-state index contributed by atoms with van der Waals surface area (Å²) in [6.45, 7) is 0.114. The number of carbonyl (C=O) groups excluding carboxylic acids is 1. The van der Waals surface area contributed by atoms with Gasteiger partial charge in [-0.3, -0.25) is 4.79 Å². The van der Waals surface area contributed by atoms with Crippen molar-refractivity contribution in [2.75, 3.05) is 18.1 Å². The Morgan fingerprint density at radius 3 is 2.59 bits per heavy atom. The van der Waals surface area contributed by atoms with E-state index in [1.54, 1.807) is 12.1 Å². The molecular weight excluding hydrogens is 305 g/mol. The summed E-state index contributed by atoms with van der Waals surface area (Å²) < 4.78 is 36.0. The normalized spacial score (nSPS) is 19.5. The molecular formula is C16H18FNO3S. The molecule has 0 aliphatic carbocycles. The SMILES string of the molecule is C#CCN(C(=O)CCc1ccc(F)cc1)[C@@H]1CCS(=O)(=O)C1. The lowest BCUT2D eigenvalue weighted by Gasteiger charge is -2.26. The number of carbonyl (C=O) groups is 1. The highest BCUT2D eigenvalue weighted by atomic mass is 32.2. The smallest absolute Gasteiger partial charge is 0.223 e. The van der Waals surface area contributed by atoms with Gasteiger partial charge in [0.2, 0.25) is 5.91 Å². The monoisotopic (exact) mass is 323 g/mol. The van der Waals surface area contributed by atoms with Gasteiger partial charge in [0.05, 0.1) is 18.1 Å². The third-order valence-corrected chi connectivity index (χ3v) is 5.52. The number of rotatable bonds is 5. The molecule has 1 aliphatic heterocycles. The van der Waals surface area contributed by atoms with Crippen molar-refractivity contribution in [2.24, 2.45) is 0 Å². The number of sulfone groups is 1. The van der Waals surface area contributed by atoms with Gasteiger partial charge in [0.1, 0.15) is 5.82 Å². The molecule has 1 heterocycles. The number of amides is 1. The fourth-order valence-corrected chi connectivity index (χ4v) is 4.32. The average molecular weight is 323 g/mol. The second kappa shape index (κ2) is 6.93. The van der Waals surface area contributed by atoms with Crippen molar-refractivity contribution in [2.45, 2.75) is 25.3 Å². The molecule has 0 N–H and O–H groups in total. The summed E-state index contributed by atoms with van der Waals surface area (Å²) in [5, 5.41) is 0. The maximum absolute atomic E-state index is 12.8. The second-order valence-corrected chi connectivity index (χ2v) is 7.64. The highest BCUT2D eigenvalue weighted by molar-refractivity contribution is 7.91. The van der Waals surface area contributed by atoms with E-state index in [9.17, 15) is 17.6 Å². The molecule has 0 unspecified atom stereocenters. The van der Waals surface area contributed by atoms with Crippen LogP contribution in [-0.4, -0.2) is 43.3 Å². The lowest BCUT2D eigenvalue weighted by molar-refractivity contribution is -0.132. The molecule has 0 radical (unpaired) electrons. The number of benzene rings is 1. The summed E-state index contributed by atoms with van der Waals surface area (Å²) in [4.78, 5) is 13.8. The van der Waals surface area contributed by atoms with Crippen LogP contribution < -0.4 is 0 Å². The van der Waals surface area contributed by atoms with Gasteiger partial charge in [0.15, 0.2) is 9.84 Å². The van der Waals surface area contributed by atoms with Crippen molar-refractivity contribution in [3.63, 3.8) is 0 Å². The Hall–Kier alpha value is -1.87. The minimum Gasteiger partial charge on any atom is -0.328 e. The maximum Gasteiger partial charge on any atom is 0.223 e. The molecule has 1 aliphatic rings. The quantitative estimate of drug-likeness (QED) is 0.770. The molecule has 1 aromatic carbocycles. The van der Waals surface area contributed by atoms with Crippen molar-refractivity contribution in [3.8, 4) is 12.3 Å². The number of aryl methyl sites for hydroxylation is 1. The van der Waals surface area contributed by atoms with Gasteiger partial charge in [0.25, 0.3) is 0 Å². The van der Waals surface area contributed by atoms with E-state index in [4.69, 9.17) is 6.42 Å². The lowest BCUT2D eigenvalue weighted by Crippen LogP contribution is -2.41. The Kier molecular flexibility index (Phi) is 5.19. The molecule has 22 heavy (non-hydrogen) atoms. The maximum atomic E-state index is 12.8. The van der Waals surface area contributed by atoms with Gasteiger partial charge in [0, 0.05) is 12.5 Å². The molecule has 2 rings (SSSR count). The molecule has 1 amide bonds. The Morgan fingerprint density at radius 1 is 1.36 bits per heavy atom. The predicted molar refractivity (Wildman–Crippen MR) is 82.3 cm³/mol. The highest BCUT2D eigenvalue weighted by Crippen LogP contribution is 2.19. The average Bonchev–Trinajstić information content (AvgIpc) is 2.83. The molecule has 0 spiro atoms. The number of nitrogens with zero attached hydrogens (tertiary/aromatic N) is 1. The van der Waals surface area contributed by atoms with Crippen LogP contribution in [0.2, 0.25) is 0 Å². The molecule has 0 bridgehead atoms. The van der Waals surface area contributed by atoms with E-state index >= 15 is 0 Å². The molecule has 4 nitrogen and oxygen atoms in total. The van der Waals surface area contributed by atoms with Gasteiger partial charge in [-0.1, -0.05) is 18.1 Å². The molecule has 0 saturated carbocycles. The van der Waals surface area contributed by atoms with Crippen LogP contribution in [0, 0.1) is 18.2 Å². The first-order valence-corrected chi connectivity index (χ1v) is 8.91. The van der Waals surface area contributed by atoms with Crippen molar-refractivity contribution in [1.82, 2.24) is 4.90 Å². The van der Waals surface area contributed by atoms with Gasteiger partial charge < -0.3 is 4.90 Å². The lowest BCUT2D eigenvalue weighted by atomic mass is 10.1. The van der Waals surface area contributed by atoms with Crippen molar-refractivity contribution in [3.05, 3.63) is 35.6 Å². The van der Waals surface area contributed by atoms with E-state index in [0.29, 0.717) is 12.8 Å². The van der Waals surface area contributed by atoms with Crippen LogP contribution in [0.4, 0.5) is 4.39 Å². The molecule has 0 aromatic heterocycles. The van der Waals surface area contributed by atoms with Crippen molar-refractivity contribution >= 4 is 15.7 Å². The topological polar surface area (TPSA) is 54.5 Å². The van der Waals surface area contributed by atoms with Crippen LogP contribution >= 0.6 is 0 Å². The number of terminal acetylenes is 1. The first kappa shape index (κ1) is 16.5. The third kappa shape index (κ3) is 4.31. The molecule has 6 heteroatoms. The largest absolute Gasteiger partial charge is 0.328 e. The Morgan fingerprint density at radius 2 is 2.05 bits per heavy atom. The van der Waals surface area contributed by atoms with Crippen molar-refractivity contribution < 1.29 is 17.6 Å². The van der Waals surface area contributed by atoms with Gasteiger partial charge in [-0.15, -0.1) is 6.42 Å². The van der Waals surface area contributed by atoms with E-state index in [-0.39, 0.29) is 42.2 Å². The van der Waals surface area contributed by atoms with E-state index in [1.807, 2.05) is 0 Å². The zero-order valence-electron chi connectivity index (χ0n) is 12.2. The van der Waals surface area contributed by atoms with E-state index < -0.39 is 9.84 Å². The summed E-state index contributed by atoms with van der Waals surface area (Å²) in [5.41, 5.74) is 0.856.